The van der Waals surface area contributed by atoms with Gasteiger partial charge in [-0.25, -0.2) is 0 Å². The molecule has 0 unspecified atom stereocenters. The summed E-state index contributed by atoms with van der Waals surface area (Å²) in [7, 11) is 0. The van der Waals surface area contributed by atoms with Crippen molar-refractivity contribution in [2.45, 2.75) is 18.8 Å². The van der Waals surface area contributed by atoms with Crippen LogP contribution in [-0.4, -0.2) is 0 Å². The van der Waals surface area contributed by atoms with Crippen LogP contribution in [0.3, 0.4) is 0 Å². The maximum Gasteiger partial charge on any atom is 0.0320 e. The van der Waals surface area contributed by atoms with E-state index < -0.39 is 0 Å². The monoisotopic (exact) mass is 174 g/mol. The SMILES string of the molecule is N/C=C\c1cc(N)ccc1C1CC1. The summed E-state index contributed by atoms with van der Waals surface area (Å²) in [6.45, 7) is 0. The fraction of sp³-hybridized carbons (Fsp3) is 0.273. The molecule has 1 aliphatic rings. The van der Waals surface area contributed by atoms with Crippen LogP contribution >= 0.6 is 0 Å². The average molecular weight is 174 g/mol. The van der Waals surface area contributed by atoms with Gasteiger partial charge in [0.15, 0.2) is 0 Å². The lowest BCUT2D eigenvalue weighted by molar-refractivity contribution is 1.12. The third-order valence-electron chi connectivity index (χ3n) is 2.40. The molecule has 1 saturated carbocycles. The second-order valence-electron chi connectivity index (χ2n) is 3.52. The predicted molar refractivity (Wildman–Crippen MR) is 56.1 cm³/mol. The van der Waals surface area contributed by atoms with E-state index in [2.05, 4.69) is 6.07 Å². The molecule has 0 amide bonds. The van der Waals surface area contributed by atoms with Crippen molar-refractivity contribution in [1.82, 2.24) is 0 Å². The van der Waals surface area contributed by atoms with Gasteiger partial charge in [-0.15, -0.1) is 0 Å². The van der Waals surface area contributed by atoms with E-state index in [9.17, 15) is 0 Å². The molecule has 0 bridgehead atoms. The Hall–Kier alpha value is -1.44. The van der Waals surface area contributed by atoms with Gasteiger partial charge in [0.1, 0.15) is 0 Å². The van der Waals surface area contributed by atoms with Gasteiger partial charge in [-0.05, 0) is 54.3 Å². The Kier molecular flexibility index (Phi) is 1.97. The first kappa shape index (κ1) is 8.17. The third-order valence-corrected chi connectivity index (χ3v) is 2.40. The minimum atomic E-state index is 0.742. The first-order valence-corrected chi connectivity index (χ1v) is 4.59. The summed E-state index contributed by atoms with van der Waals surface area (Å²) in [5.74, 6) is 0.742. The van der Waals surface area contributed by atoms with Gasteiger partial charge in [-0.3, -0.25) is 0 Å². The second kappa shape index (κ2) is 3.13. The molecule has 1 aromatic rings. The highest BCUT2D eigenvalue weighted by Crippen LogP contribution is 2.42. The number of nitrogens with two attached hydrogens (primary N) is 2. The van der Waals surface area contributed by atoms with Crippen LogP contribution in [0.4, 0.5) is 5.69 Å². The van der Waals surface area contributed by atoms with Gasteiger partial charge in [0.05, 0.1) is 0 Å². The second-order valence-corrected chi connectivity index (χ2v) is 3.52. The fourth-order valence-corrected chi connectivity index (χ4v) is 1.61. The Morgan fingerprint density at radius 2 is 2.08 bits per heavy atom. The molecule has 0 spiro atoms. The predicted octanol–water partition coefficient (Wildman–Crippen LogP) is 2.08. The number of benzene rings is 1. The largest absolute Gasteiger partial charge is 0.405 e. The highest BCUT2D eigenvalue weighted by Gasteiger charge is 2.25. The normalized spacial score (nSPS) is 16.6. The van der Waals surface area contributed by atoms with E-state index in [0.29, 0.717) is 0 Å². The zero-order valence-electron chi connectivity index (χ0n) is 7.53. The van der Waals surface area contributed by atoms with Crippen LogP contribution in [0.25, 0.3) is 6.08 Å². The molecular weight excluding hydrogens is 160 g/mol. The zero-order chi connectivity index (χ0) is 9.26. The van der Waals surface area contributed by atoms with E-state index >= 15 is 0 Å². The van der Waals surface area contributed by atoms with E-state index in [1.807, 2.05) is 18.2 Å². The maximum absolute atomic E-state index is 5.70. The van der Waals surface area contributed by atoms with Gasteiger partial charge in [0, 0.05) is 5.69 Å². The summed E-state index contributed by atoms with van der Waals surface area (Å²) in [6.07, 6.45) is 6.09. The van der Waals surface area contributed by atoms with Crippen molar-refractivity contribution in [3.63, 3.8) is 0 Å². The van der Waals surface area contributed by atoms with E-state index in [1.54, 1.807) is 6.20 Å². The number of anilines is 1. The molecule has 1 fully saturated rings. The summed E-state index contributed by atoms with van der Waals surface area (Å²) in [6, 6.07) is 6.06. The minimum Gasteiger partial charge on any atom is -0.405 e. The summed E-state index contributed by atoms with van der Waals surface area (Å²) < 4.78 is 0. The number of hydrogen-bond donors (Lipinski definition) is 2. The number of rotatable bonds is 2. The van der Waals surface area contributed by atoms with Crippen LogP contribution in [0.5, 0.6) is 0 Å². The van der Waals surface area contributed by atoms with Crippen LogP contribution < -0.4 is 11.5 Å². The quantitative estimate of drug-likeness (QED) is 0.674. The lowest BCUT2D eigenvalue weighted by Crippen LogP contribution is -1.91. The van der Waals surface area contributed by atoms with Crippen molar-refractivity contribution in [2.75, 3.05) is 5.73 Å². The molecule has 2 rings (SSSR count). The van der Waals surface area contributed by atoms with Crippen molar-refractivity contribution in [3.8, 4) is 0 Å². The van der Waals surface area contributed by atoms with Crippen molar-refractivity contribution in [2.24, 2.45) is 5.73 Å². The van der Waals surface area contributed by atoms with Crippen LogP contribution in [0, 0.1) is 0 Å². The number of nitrogen functional groups attached to an aromatic ring is 1. The first-order chi connectivity index (χ1) is 6.31. The van der Waals surface area contributed by atoms with Crippen molar-refractivity contribution < 1.29 is 0 Å². The molecule has 2 heteroatoms. The van der Waals surface area contributed by atoms with Gasteiger partial charge in [0.2, 0.25) is 0 Å². The van der Waals surface area contributed by atoms with Gasteiger partial charge >= 0.3 is 0 Å². The fourth-order valence-electron chi connectivity index (χ4n) is 1.61. The Morgan fingerprint density at radius 1 is 1.31 bits per heavy atom. The maximum atomic E-state index is 5.70. The van der Waals surface area contributed by atoms with Gasteiger partial charge in [-0.2, -0.15) is 0 Å². The summed E-state index contributed by atoms with van der Waals surface area (Å²) in [5, 5.41) is 0. The van der Waals surface area contributed by atoms with Crippen molar-refractivity contribution in [1.29, 1.82) is 0 Å². The summed E-state index contributed by atoms with van der Waals surface area (Å²) in [5.41, 5.74) is 14.4. The highest BCUT2D eigenvalue weighted by atomic mass is 14.5. The summed E-state index contributed by atoms with van der Waals surface area (Å²) >= 11 is 0. The van der Waals surface area contributed by atoms with E-state index in [4.69, 9.17) is 11.5 Å². The Labute approximate surface area is 78.2 Å². The molecular formula is C11H14N2. The van der Waals surface area contributed by atoms with Crippen LogP contribution in [0.1, 0.15) is 29.9 Å². The molecule has 68 valence electrons. The first-order valence-electron chi connectivity index (χ1n) is 4.59. The highest BCUT2D eigenvalue weighted by molar-refractivity contribution is 5.60. The lowest BCUT2D eigenvalue weighted by atomic mass is 10.0. The Balaban J connectivity index is 2.41. The standard InChI is InChI=1S/C11H14N2/c12-6-5-9-7-10(13)3-4-11(9)8-1-2-8/h3-8H,1-2,12-13H2/b6-5-. The molecule has 0 aromatic heterocycles. The Bertz CT molecular complexity index is 338. The molecule has 0 atom stereocenters. The van der Waals surface area contributed by atoms with Gasteiger partial charge < -0.3 is 11.5 Å². The smallest absolute Gasteiger partial charge is 0.0320 e. The molecule has 1 aliphatic carbocycles. The topological polar surface area (TPSA) is 52.0 Å². The molecule has 0 radical (unpaired) electrons. The van der Waals surface area contributed by atoms with Crippen LogP contribution in [0.15, 0.2) is 24.4 Å². The lowest BCUT2D eigenvalue weighted by Gasteiger charge is -2.04. The van der Waals surface area contributed by atoms with Gasteiger partial charge in [0.25, 0.3) is 0 Å². The molecule has 4 N–H and O–H groups in total. The number of hydrogen-bond acceptors (Lipinski definition) is 2. The van der Waals surface area contributed by atoms with Gasteiger partial charge in [-0.1, -0.05) is 6.07 Å². The van der Waals surface area contributed by atoms with Crippen LogP contribution in [0.2, 0.25) is 0 Å². The van der Waals surface area contributed by atoms with Crippen LogP contribution in [-0.2, 0) is 0 Å². The van der Waals surface area contributed by atoms with Crippen molar-refractivity contribution >= 4 is 11.8 Å². The molecule has 2 nitrogen and oxygen atoms in total. The molecule has 1 aromatic carbocycles. The minimum absolute atomic E-state index is 0.742. The average Bonchev–Trinajstić information content (AvgIpc) is 2.88. The molecule has 13 heavy (non-hydrogen) atoms. The van der Waals surface area contributed by atoms with Crippen molar-refractivity contribution in [3.05, 3.63) is 35.5 Å². The molecule has 0 aliphatic heterocycles. The molecule has 0 saturated heterocycles. The van der Waals surface area contributed by atoms with E-state index in [1.165, 1.54) is 24.0 Å². The molecule has 0 heterocycles. The zero-order valence-corrected chi connectivity index (χ0v) is 7.53. The summed E-state index contributed by atoms with van der Waals surface area (Å²) in [4.78, 5) is 0. The Morgan fingerprint density at radius 3 is 2.69 bits per heavy atom. The van der Waals surface area contributed by atoms with E-state index in [0.717, 1.165) is 11.6 Å². The van der Waals surface area contributed by atoms with E-state index in [-0.39, 0.29) is 0 Å². The third kappa shape index (κ3) is 1.66.